The van der Waals surface area contributed by atoms with Gasteiger partial charge in [-0.25, -0.2) is 13.2 Å². The van der Waals surface area contributed by atoms with E-state index >= 15 is 0 Å². The average Bonchev–Trinajstić information content (AvgIpc) is 2.78. The van der Waals surface area contributed by atoms with Gasteiger partial charge in [0.1, 0.15) is 0 Å². The van der Waals surface area contributed by atoms with Crippen molar-refractivity contribution in [3.8, 4) is 0 Å². The predicted octanol–water partition coefficient (Wildman–Crippen LogP) is 5.18. The van der Waals surface area contributed by atoms with E-state index < -0.39 is 22.0 Å². The van der Waals surface area contributed by atoms with Crippen molar-refractivity contribution in [1.82, 2.24) is 0 Å². The lowest BCUT2D eigenvalue weighted by molar-refractivity contribution is 0.122. The highest BCUT2D eigenvalue weighted by molar-refractivity contribution is 7.90. The molecule has 1 atom stereocenters. The molecular weight excluding hydrogens is 438 g/mol. The van der Waals surface area contributed by atoms with Gasteiger partial charge in [-0.1, -0.05) is 74.5 Å². The molecule has 7 heteroatoms. The zero-order valence-electron chi connectivity index (χ0n) is 18.7. The van der Waals surface area contributed by atoms with E-state index in [-0.39, 0.29) is 5.41 Å². The van der Waals surface area contributed by atoms with Crippen molar-refractivity contribution in [2.75, 3.05) is 11.6 Å². The zero-order valence-corrected chi connectivity index (χ0v) is 19.5. The van der Waals surface area contributed by atoms with E-state index in [1.165, 1.54) is 6.26 Å². The molecule has 0 aromatic heterocycles. The van der Waals surface area contributed by atoms with Gasteiger partial charge in [-0.2, -0.15) is 0 Å². The molecule has 0 saturated heterocycles. The van der Waals surface area contributed by atoms with Crippen LogP contribution >= 0.6 is 0 Å². The first-order valence-corrected chi connectivity index (χ1v) is 12.2. The van der Waals surface area contributed by atoms with Crippen molar-refractivity contribution in [2.24, 2.45) is 5.41 Å². The number of hydrogen-bond donors (Lipinski definition) is 3. The molecule has 1 amide bonds. The van der Waals surface area contributed by atoms with E-state index in [4.69, 9.17) is 5.11 Å². The second-order valence-corrected chi connectivity index (χ2v) is 10.4. The number of amides is 1. The van der Waals surface area contributed by atoms with Crippen molar-refractivity contribution in [2.45, 2.75) is 24.8 Å². The molecule has 172 valence electrons. The molecule has 0 bridgehead atoms. The van der Waals surface area contributed by atoms with Crippen LogP contribution in [0.2, 0.25) is 0 Å². The summed E-state index contributed by atoms with van der Waals surface area (Å²) in [6.45, 7) is 4.01. The SMILES string of the molecule is CC1(C)C(c2ccc(S(C)(=O)=O)cc2)=C(c2ccccc2)C1O.O=C(O)Nc1ccccc1. The summed E-state index contributed by atoms with van der Waals surface area (Å²) >= 11 is 0. The molecule has 33 heavy (non-hydrogen) atoms. The van der Waals surface area contributed by atoms with Crippen molar-refractivity contribution in [3.63, 3.8) is 0 Å². The van der Waals surface area contributed by atoms with Crippen LogP contribution in [0.5, 0.6) is 0 Å². The van der Waals surface area contributed by atoms with Crippen molar-refractivity contribution in [1.29, 1.82) is 0 Å². The van der Waals surface area contributed by atoms with E-state index in [1.807, 2.05) is 62.4 Å². The highest BCUT2D eigenvalue weighted by Gasteiger charge is 2.47. The molecule has 1 aliphatic carbocycles. The smallest absolute Gasteiger partial charge is 0.409 e. The Morgan fingerprint density at radius 2 is 1.36 bits per heavy atom. The lowest BCUT2D eigenvalue weighted by atomic mass is 9.60. The first-order chi connectivity index (χ1) is 15.5. The molecule has 1 aliphatic rings. The van der Waals surface area contributed by atoms with Crippen molar-refractivity contribution < 1.29 is 23.4 Å². The van der Waals surface area contributed by atoms with Crippen LogP contribution in [0.25, 0.3) is 11.1 Å². The lowest BCUT2D eigenvalue weighted by Gasteiger charge is -2.46. The van der Waals surface area contributed by atoms with Gasteiger partial charge in [0.2, 0.25) is 0 Å². The fraction of sp³-hybridized carbons (Fsp3) is 0.192. The minimum absolute atomic E-state index is 0.306. The molecule has 3 N–H and O–H groups in total. The molecule has 0 heterocycles. The van der Waals surface area contributed by atoms with Gasteiger partial charge in [-0.05, 0) is 46.5 Å². The van der Waals surface area contributed by atoms with Crippen LogP contribution in [0.4, 0.5) is 10.5 Å². The van der Waals surface area contributed by atoms with Crippen LogP contribution in [0.3, 0.4) is 0 Å². The summed E-state index contributed by atoms with van der Waals surface area (Å²) in [5, 5.41) is 21.0. The number of sulfone groups is 1. The van der Waals surface area contributed by atoms with Gasteiger partial charge < -0.3 is 10.2 Å². The Balaban J connectivity index is 0.000000257. The number of rotatable bonds is 4. The summed E-state index contributed by atoms with van der Waals surface area (Å²) in [6.07, 6.45) is -0.367. The van der Waals surface area contributed by atoms with Gasteiger partial charge in [0.15, 0.2) is 9.84 Å². The summed E-state index contributed by atoms with van der Waals surface area (Å²) in [6, 6.07) is 25.5. The van der Waals surface area contributed by atoms with E-state index in [1.54, 1.807) is 36.4 Å². The quantitative estimate of drug-likeness (QED) is 0.493. The number of carboxylic acid groups (broad SMARTS) is 1. The van der Waals surface area contributed by atoms with Gasteiger partial charge in [0, 0.05) is 17.4 Å². The third-order valence-corrected chi connectivity index (χ3v) is 6.68. The van der Waals surface area contributed by atoms with Crippen LogP contribution in [0.15, 0.2) is 89.8 Å². The highest BCUT2D eigenvalue weighted by atomic mass is 32.2. The van der Waals surface area contributed by atoms with E-state index in [9.17, 15) is 18.3 Å². The lowest BCUT2D eigenvalue weighted by Crippen LogP contribution is -2.41. The van der Waals surface area contributed by atoms with Gasteiger partial charge >= 0.3 is 6.09 Å². The van der Waals surface area contributed by atoms with Gasteiger partial charge in [-0.15, -0.1) is 0 Å². The number of benzene rings is 3. The molecule has 1 unspecified atom stereocenters. The zero-order chi connectivity index (χ0) is 24.2. The predicted molar refractivity (Wildman–Crippen MR) is 131 cm³/mol. The molecule has 0 aliphatic heterocycles. The monoisotopic (exact) mass is 465 g/mol. The third-order valence-electron chi connectivity index (χ3n) is 5.55. The number of para-hydroxylation sites is 1. The maximum Gasteiger partial charge on any atom is 0.409 e. The molecule has 4 rings (SSSR count). The molecule has 6 nitrogen and oxygen atoms in total. The van der Waals surface area contributed by atoms with E-state index in [0.717, 1.165) is 22.3 Å². The van der Waals surface area contributed by atoms with Crippen LogP contribution in [-0.2, 0) is 9.84 Å². The molecule has 3 aromatic carbocycles. The van der Waals surface area contributed by atoms with Crippen LogP contribution in [0.1, 0.15) is 25.0 Å². The van der Waals surface area contributed by atoms with Gasteiger partial charge in [0.25, 0.3) is 0 Å². The van der Waals surface area contributed by atoms with Crippen LogP contribution in [-0.4, -0.2) is 37.1 Å². The van der Waals surface area contributed by atoms with Gasteiger partial charge in [0.05, 0.1) is 11.0 Å². The standard InChI is InChI=1S/C19H20O3S.C7H7NO2/c1-19(2)17(14-9-11-15(12-10-14)23(3,21)22)16(18(19)20)13-7-5-4-6-8-13;9-7(10)8-6-4-2-1-3-5-6/h4-12,18,20H,1-3H3;1-5,8H,(H,9,10). The Morgan fingerprint density at radius 1 is 0.848 bits per heavy atom. The van der Waals surface area contributed by atoms with E-state index in [2.05, 4.69) is 5.32 Å². The first kappa shape index (κ1) is 24.2. The number of carbonyl (C=O) groups is 1. The van der Waals surface area contributed by atoms with Crippen LogP contribution in [0, 0.1) is 5.41 Å². The number of anilines is 1. The minimum atomic E-state index is -3.20. The van der Waals surface area contributed by atoms with Crippen LogP contribution < -0.4 is 5.32 Å². The minimum Gasteiger partial charge on any atom is -0.465 e. The fourth-order valence-corrected chi connectivity index (χ4v) is 4.50. The van der Waals surface area contributed by atoms with Gasteiger partial charge in [-0.3, -0.25) is 5.32 Å². The maximum absolute atomic E-state index is 11.6. The number of hydrogen-bond acceptors (Lipinski definition) is 4. The molecule has 0 saturated carbocycles. The first-order valence-electron chi connectivity index (χ1n) is 10.4. The topological polar surface area (TPSA) is 104 Å². The Bertz CT molecular complexity index is 1250. The largest absolute Gasteiger partial charge is 0.465 e. The summed E-state index contributed by atoms with van der Waals surface area (Å²) in [5.41, 5.74) is 4.17. The summed E-state index contributed by atoms with van der Waals surface area (Å²) < 4.78 is 23.2. The third kappa shape index (κ3) is 5.50. The fourth-order valence-electron chi connectivity index (χ4n) is 3.86. The second-order valence-electron chi connectivity index (χ2n) is 8.37. The van der Waals surface area contributed by atoms with E-state index in [0.29, 0.717) is 10.6 Å². The summed E-state index contributed by atoms with van der Waals surface area (Å²) in [7, 11) is -3.20. The summed E-state index contributed by atoms with van der Waals surface area (Å²) in [5.74, 6) is 0. The molecule has 0 spiro atoms. The second kappa shape index (κ2) is 9.60. The Labute approximate surface area is 194 Å². The maximum atomic E-state index is 11.6. The van der Waals surface area contributed by atoms with Crippen molar-refractivity contribution >= 4 is 32.8 Å². The Hall–Kier alpha value is -3.42. The number of nitrogens with one attached hydrogen (secondary N) is 1. The molecule has 0 fully saturated rings. The number of aliphatic hydroxyl groups excluding tert-OH is 1. The highest BCUT2D eigenvalue weighted by Crippen LogP contribution is 2.55. The van der Waals surface area contributed by atoms with Crippen molar-refractivity contribution in [3.05, 3.63) is 96.1 Å². The molecule has 0 radical (unpaired) electrons. The summed E-state index contributed by atoms with van der Waals surface area (Å²) in [4.78, 5) is 10.4. The molecule has 3 aromatic rings. The Kier molecular flexibility index (Phi) is 7.05. The molecular formula is C26H27NO5S. The average molecular weight is 466 g/mol. The Morgan fingerprint density at radius 3 is 1.85 bits per heavy atom. The normalized spacial score (nSPS) is 16.8. The number of aliphatic hydroxyl groups is 1.